The number of hydrogen-bond acceptors (Lipinski definition) is 7. The van der Waals surface area contributed by atoms with Crippen LogP contribution in [-0.4, -0.2) is 44.4 Å². The fourth-order valence-corrected chi connectivity index (χ4v) is 3.16. The lowest BCUT2D eigenvalue weighted by atomic mass is 10.0. The molecule has 1 heterocycles. The van der Waals surface area contributed by atoms with Gasteiger partial charge in [-0.15, -0.1) is 0 Å². The first-order valence-electron chi connectivity index (χ1n) is 6.58. The van der Waals surface area contributed by atoms with Gasteiger partial charge >= 0.3 is 0 Å². The van der Waals surface area contributed by atoms with E-state index in [4.69, 9.17) is 0 Å². The zero-order valence-corrected chi connectivity index (χ0v) is 13.8. The number of carbonyl (C=O) groups excluding carboxylic acids is 1. The van der Waals surface area contributed by atoms with Crippen LogP contribution in [0.15, 0.2) is 16.6 Å². The molecule has 1 aliphatic rings. The van der Waals surface area contributed by atoms with Crippen LogP contribution < -0.4 is 26.4 Å². The third-order valence-corrected chi connectivity index (χ3v) is 4.58. The SMILES string of the molecule is CNN1c2c(ccc(Br)c2CO)NC(NC)(NC)C1C=O. The van der Waals surface area contributed by atoms with Crippen molar-refractivity contribution in [1.82, 2.24) is 16.1 Å². The number of hydrogen-bond donors (Lipinski definition) is 5. The molecule has 0 radical (unpaired) electrons. The number of aliphatic hydroxyl groups is 1. The maximum atomic E-state index is 11.7. The van der Waals surface area contributed by atoms with Crippen LogP contribution in [0.5, 0.6) is 0 Å². The molecule has 1 unspecified atom stereocenters. The summed E-state index contributed by atoms with van der Waals surface area (Å²) >= 11 is 3.43. The molecule has 0 saturated heterocycles. The molecule has 7 nitrogen and oxygen atoms in total. The minimum atomic E-state index is -0.821. The molecule has 0 saturated carbocycles. The fraction of sp³-hybridized carbons (Fsp3) is 0.462. The van der Waals surface area contributed by atoms with Crippen molar-refractivity contribution in [1.29, 1.82) is 0 Å². The van der Waals surface area contributed by atoms with Gasteiger partial charge in [0.1, 0.15) is 6.29 Å². The number of halogens is 1. The number of aldehydes is 1. The maximum absolute atomic E-state index is 11.7. The Morgan fingerprint density at radius 3 is 2.57 bits per heavy atom. The molecule has 0 amide bonds. The molecule has 0 aliphatic carbocycles. The minimum Gasteiger partial charge on any atom is -0.392 e. The van der Waals surface area contributed by atoms with Crippen LogP contribution in [0.1, 0.15) is 5.56 Å². The highest BCUT2D eigenvalue weighted by Gasteiger charge is 2.45. The highest BCUT2D eigenvalue weighted by Crippen LogP contribution is 2.40. The van der Waals surface area contributed by atoms with Crippen molar-refractivity contribution in [3.05, 3.63) is 22.2 Å². The van der Waals surface area contributed by atoms with E-state index in [-0.39, 0.29) is 6.61 Å². The third kappa shape index (κ3) is 2.43. The van der Waals surface area contributed by atoms with Gasteiger partial charge in [-0.1, -0.05) is 15.9 Å². The summed E-state index contributed by atoms with van der Waals surface area (Å²) in [6.45, 7) is -0.138. The number of fused-ring (bicyclic) bond motifs is 1. The summed E-state index contributed by atoms with van der Waals surface area (Å²) in [5.74, 6) is -0.821. The van der Waals surface area contributed by atoms with Crippen molar-refractivity contribution in [3.63, 3.8) is 0 Å². The molecule has 1 atom stereocenters. The Kier molecular flexibility index (Phi) is 4.84. The van der Waals surface area contributed by atoms with Gasteiger partial charge in [-0.25, -0.2) is 5.43 Å². The van der Waals surface area contributed by atoms with Crippen molar-refractivity contribution >= 4 is 33.6 Å². The van der Waals surface area contributed by atoms with Crippen molar-refractivity contribution in [2.45, 2.75) is 18.4 Å². The van der Waals surface area contributed by atoms with E-state index in [0.29, 0.717) is 5.56 Å². The van der Waals surface area contributed by atoms with Gasteiger partial charge in [0.05, 0.1) is 18.0 Å². The molecule has 5 N–H and O–H groups in total. The van der Waals surface area contributed by atoms with Crippen LogP contribution in [-0.2, 0) is 11.4 Å². The first-order valence-corrected chi connectivity index (χ1v) is 7.38. The molecule has 116 valence electrons. The predicted octanol–water partition coefficient (Wildman–Crippen LogP) is -0.0322. The second-order valence-corrected chi connectivity index (χ2v) is 5.54. The zero-order valence-electron chi connectivity index (χ0n) is 12.2. The summed E-state index contributed by atoms with van der Waals surface area (Å²) in [5.41, 5.74) is 5.29. The summed E-state index contributed by atoms with van der Waals surface area (Å²) in [7, 11) is 5.28. The number of aliphatic hydroxyl groups excluding tert-OH is 1. The van der Waals surface area contributed by atoms with Crippen LogP contribution in [0.3, 0.4) is 0 Å². The Balaban J connectivity index is 2.68. The van der Waals surface area contributed by atoms with Crippen LogP contribution in [0.2, 0.25) is 0 Å². The average Bonchev–Trinajstić information content (AvgIpc) is 2.52. The van der Waals surface area contributed by atoms with Crippen molar-refractivity contribution in [2.75, 3.05) is 31.5 Å². The third-order valence-electron chi connectivity index (χ3n) is 3.84. The summed E-state index contributed by atoms with van der Waals surface area (Å²) in [5, 5.41) is 20.9. The summed E-state index contributed by atoms with van der Waals surface area (Å²) < 4.78 is 0.789. The van der Waals surface area contributed by atoms with Crippen molar-refractivity contribution in [3.8, 4) is 0 Å². The molecule has 1 aliphatic heterocycles. The van der Waals surface area contributed by atoms with E-state index in [1.54, 1.807) is 26.2 Å². The maximum Gasteiger partial charge on any atom is 0.173 e. The fourth-order valence-electron chi connectivity index (χ4n) is 2.72. The molecular formula is C13H20BrN5O2. The quantitative estimate of drug-likeness (QED) is 0.373. The van der Waals surface area contributed by atoms with E-state index in [1.165, 1.54) is 0 Å². The van der Waals surface area contributed by atoms with E-state index in [0.717, 1.165) is 22.1 Å². The number of hydrazine groups is 1. The van der Waals surface area contributed by atoms with Crippen LogP contribution in [0, 0.1) is 0 Å². The molecular weight excluding hydrogens is 338 g/mol. The molecule has 0 bridgehead atoms. The second-order valence-electron chi connectivity index (χ2n) is 4.69. The lowest BCUT2D eigenvalue weighted by Crippen LogP contribution is -2.75. The van der Waals surface area contributed by atoms with Crippen molar-refractivity contribution in [2.24, 2.45) is 0 Å². The molecule has 1 aromatic carbocycles. The monoisotopic (exact) mass is 357 g/mol. The van der Waals surface area contributed by atoms with Gasteiger partial charge in [0, 0.05) is 17.1 Å². The van der Waals surface area contributed by atoms with Gasteiger partial charge in [-0.05, 0) is 26.2 Å². The van der Waals surface area contributed by atoms with Crippen molar-refractivity contribution < 1.29 is 9.90 Å². The second kappa shape index (κ2) is 6.29. The number of nitrogens with zero attached hydrogens (tertiary/aromatic N) is 1. The number of carbonyl (C=O) groups is 1. The number of anilines is 2. The Labute approximate surface area is 132 Å². The molecule has 2 rings (SSSR count). The summed E-state index contributed by atoms with van der Waals surface area (Å²) in [6, 6.07) is 3.19. The Bertz CT molecular complexity index is 536. The lowest BCUT2D eigenvalue weighted by Gasteiger charge is -2.49. The number of rotatable bonds is 5. The molecule has 0 aromatic heterocycles. The first-order chi connectivity index (χ1) is 10.1. The Morgan fingerprint density at radius 2 is 2.10 bits per heavy atom. The van der Waals surface area contributed by atoms with Crippen LogP contribution >= 0.6 is 15.9 Å². The van der Waals surface area contributed by atoms with Crippen LogP contribution in [0.4, 0.5) is 11.4 Å². The molecule has 21 heavy (non-hydrogen) atoms. The average molecular weight is 358 g/mol. The van der Waals surface area contributed by atoms with Crippen LogP contribution in [0.25, 0.3) is 0 Å². The molecule has 8 heteroatoms. The summed E-state index contributed by atoms with van der Waals surface area (Å²) in [4.78, 5) is 11.7. The normalized spacial score (nSPS) is 19.9. The molecule has 0 spiro atoms. The largest absolute Gasteiger partial charge is 0.392 e. The van der Waals surface area contributed by atoms with Gasteiger partial charge in [0.2, 0.25) is 0 Å². The van der Waals surface area contributed by atoms with Gasteiger partial charge in [0.25, 0.3) is 0 Å². The predicted molar refractivity (Wildman–Crippen MR) is 85.9 cm³/mol. The van der Waals surface area contributed by atoms with E-state index in [2.05, 4.69) is 37.3 Å². The highest BCUT2D eigenvalue weighted by atomic mass is 79.9. The van der Waals surface area contributed by atoms with E-state index >= 15 is 0 Å². The Hall–Kier alpha value is -1.19. The highest BCUT2D eigenvalue weighted by molar-refractivity contribution is 9.10. The topological polar surface area (TPSA) is 88.7 Å². The molecule has 0 fully saturated rings. The van der Waals surface area contributed by atoms with E-state index in [1.807, 2.05) is 12.1 Å². The van der Waals surface area contributed by atoms with Gasteiger partial charge in [-0.2, -0.15) is 0 Å². The summed E-state index contributed by atoms with van der Waals surface area (Å²) in [6.07, 6.45) is 0.849. The Morgan fingerprint density at radius 1 is 1.43 bits per heavy atom. The standard InChI is InChI=1S/C13H20BrN5O2/c1-15-13(16-2)11(7-21)19(17-3)12-8(6-20)9(14)4-5-10(12)18-13/h4-5,7,11,15-18,20H,6H2,1-3H3. The minimum absolute atomic E-state index is 0.138. The van der Waals surface area contributed by atoms with E-state index < -0.39 is 11.8 Å². The lowest BCUT2D eigenvalue weighted by molar-refractivity contribution is -0.110. The smallest absolute Gasteiger partial charge is 0.173 e. The number of likely N-dealkylation sites (N-methyl/N-ethyl adjacent to an activating group) is 2. The van der Waals surface area contributed by atoms with Gasteiger partial charge in [0.15, 0.2) is 11.8 Å². The van der Waals surface area contributed by atoms with Gasteiger partial charge < -0.3 is 15.2 Å². The number of benzene rings is 1. The van der Waals surface area contributed by atoms with E-state index in [9.17, 15) is 9.90 Å². The van der Waals surface area contributed by atoms with Gasteiger partial charge in [-0.3, -0.25) is 15.6 Å². The molecule has 1 aromatic rings. The number of nitrogens with one attached hydrogen (secondary N) is 4. The zero-order chi connectivity index (χ0) is 15.6. The first kappa shape index (κ1) is 16.2.